The molecule has 0 aromatic heterocycles. The van der Waals surface area contributed by atoms with Crippen LogP contribution in [0.3, 0.4) is 0 Å². The van der Waals surface area contributed by atoms with Crippen molar-refractivity contribution in [3.63, 3.8) is 0 Å². The van der Waals surface area contributed by atoms with Gasteiger partial charge >= 0.3 is 0 Å². The monoisotopic (exact) mass is 251 g/mol. The molecule has 0 fully saturated rings. The van der Waals surface area contributed by atoms with Gasteiger partial charge in [0.05, 0.1) is 0 Å². The van der Waals surface area contributed by atoms with Crippen LogP contribution in [0.25, 0.3) is 0 Å². The van der Waals surface area contributed by atoms with E-state index in [1.807, 2.05) is 25.1 Å². The van der Waals surface area contributed by atoms with E-state index < -0.39 is 0 Å². The molecule has 0 saturated heterocycles. The molecule has 90 valence electrons. The zero-order valence-corrected chi connectivity index (χ0v) is 10.2. The third-order valence-electron chi connectivity index (χ3n) is 2.25. The van der Waals surface area contributed by atoms with Gasteiger partial charge in [-0.15, -0.1) is 0 Å². The van der Waals surface area contributed by atoms with Crippen LogP contribution in [-0.4, -0.2) is 17.6 Å². The van der Waals surface area contributed by atoms with E-state index in [1.165, 1.54) is 0 Å². The van der Waals surface area contributed by atoms with Gasteiger partial charge in [-0.1, -0.05) is 6.07 Å². The smallest absolute Gasteiger partial charge is 0.231 e. The first kappa shape index (κ1) is 11.7. The Bertz CT molecular complexity index is 474. The van der Waals surface area contributed by atoms with E-state index >= 15 is 0 Å². The first-order valence-corrected chi connectivity index (χ1v) is 5.53. The highest BCUT2D eigenvalue weighted by molar-refractivity contribution is 7.80. The number of rotatable bonds is 3. The molecule has 0 saturated carbocycles. The second-order valence-electron chi connectivity index (χ2n) is 3.69. The molecule has 1 aliphatic heterocycles. The lowest BCUT2D eigenvalue weighted by Gasteiger charge is -2.03. The lowest BCUT2D eigenvalue weighted by Crippen LogP contribution is -2.25. The first-order valence-electron chi connectivity index (χ1n) is 5.12. The number of benzene rings is 1. The number of nitrogens with one attached hydrogen (secondary N) is 1. The van der Waals surface area contributed by atoms with Crippen molar-refractivity contribution in [2.45, 2.75) is 13.3 Å². The van der Waals surface area contributed by atoms with Gasteiger partial charge in [0.25, 0.3) is 0 Å². The number of ether oxygens (including phenoxy) is 2. The number of hydrogen-bond donors (Lipinski definition) is 2. The second kappa shape index (κ2) is 5.01. The molecular weight excluding hydrogens is 238 g/mol. The molecule has 0 radical (unpaired) electrons. The molecule has 1 aromatic carbocycles. The van der Waals surface area contributed by atoms with Gasteiger partial charge in [-0.2, -0.15) is 5.10 Å². The van der Waals surface area contributed by atoms with Gasteiger partial charge in [-0.3, -0.25) is 5.43 Å². The molecule has 1 heterocycles. The molecular formula is C11H13N3O2S. The third-order valence-corrected chi connectivity index (χ3v) is 2.35. The summed E-state index contributed by atoms with van der Waals surface area (Å²) in [4.78, 5) is 0. The number of hydrazone groups is 1. The second-order valence-corrected chi connectivity index (χ2v) is 4.13. The van der Waals surface area contributed by atoms with E-state index in [1.54, 1.807) is 0 Å². The highest BCUT2D eigenvalue weighted by Gasteiger charge is 2.13. The minimum absolute atomic E-state index is 0.162. The Morgan fingerprint density at radius 2 is 2.24 bits per heavy atom. The number of hydrogen-bond acceptors (Lipinski definition) is 4. The molecule has 0 amide bonds. The highest BCUT2D eigenvalue weighted by Crippen LogP contribution is 2.32. The predicted molar refractivity (Wildman–Crippen MR) is 69.3 cm³/mol. The summed E-state index contributed by atoms with van der Waals surface area (Å²) in [6, 6.07) is 5.82. The molecule has 6 heteroatoms. The molecule has 0 atom stereocenters. The summed E-state index contributed by atoms with van der Waals surface area (Å²) in [6.07, 6.45) is 0.701. The van der Waals surface area contributed by atoms with Crippen molar-refractivity contribution in [3.05, 3.63) is 23.8 Å². The predicted octanol–water partition coefficient (Wildman–Crippen LogP) is 1.17. The minimum atomic E-state index is 0.162. The van der Waals surface area contributed by atoms with Crippen LogP contribution in [-0.2, 0) is 6.42 Å². The van der Waals surface area contributed by atoms with Crippen LogP contribution in [0.5, 0.6) is 11.5 Å². The fourth-order valence-corrected chi connectivity index (χ4v) is 1.58. The van der Waals surface area contributed by atoms with Crippen LogP contribution in [0.2, 0.25) is 0 Å². The maximum atomic E-state index is 5.30. The van der Waals surface area contributed by atoms with Crippen LogP contribution >= 0.6 is 12.2 Å². The fourth-order valence-electron chi connectivity index (χ4n) is 1.54. The van der Waals surface area contributed by atoms with E-state index in [0.29, 0.717) is 6.42 Å². The number of nitrogens with zero attached hydrogens (tertiary/aromatic N) is 1. The van der Waals surface area contributed by atoms with Crippen LogP contribution in [0, 0.1) is 0 Å². The van der Waals surface area contributed by atoms with Crippen LogP contribution in [0.15, 0.2) is 23.3 Å². The summed E-state index contributed by atoms with van der Waals surface area (Å²) >= 11 is 4.67. The molecule has 1 aromatic rings. The first-order chi connectivity index (χ1) is 8.15. The summed E-state index contributed by atoms with van der Waals surface area (Å²) < 4.78 is 10.5. The lowest BCUT2D eigenvalue weighted by atomic mass is 10.1. The summed E-state index contributed by atoms with van der Waals surface area (Å²) in [5, 5.41) is 4.20. The largest absolute Gasteiger partial charge is 0.454 e. The zero-order valence-electron chi connectivity index (χ0n) is 9.40. The Hall–Kier alpha value is -1.82. The van der Waals surface area contributed by atoms with Crippen LogP contribution in [0.4, 0.5) is 0 Å². The van der Waals surface area contributed by atoms with E-state index in [4.69, 9.17) is 15.2 Å². The van der Waals surface area contributed by atoms with Gasteiger partial charge in [-0.05, 0) is 36.8 Å². The molecule has 0 spiro atoms. The van der Waals surface area contributed by atoms with Crippen molar-refractivity contribution in [2.24, 2.45) is 10.8 Å². The average Bonchev–Trinajstić information content (AvgIpc) is 2.73. The van der Waals surface area contributed by atoms with Gasteiger partial charge in [-0.25, -0.2) is 0 Å². The molecule has 0 bridgehead atoms. The number of thiocarbonyl (C=S) groups is 1. The number of nitrogens with two attached hydrogens (primary N) is 1. The van der Waals surface area contributed by atoms with Crippen molar-refractivity contribution in [2.75, 3.05) is 6.79 Å². The quantitative estimate of drug-likeness (QED) is 0.479. The van der Waals surface area contributed by atoms with Crippen LogP contribution < -0.4 is 20.6 Å². The summed E-state index contributed by atoms with van der Waals surface area (Å²) in [5.41, 5.74) is 9.83. The molecule has 0 unspecified atom stereocenters. The van der Waals surface area contributed by atoms with E-state index in [9.17, 15) is 0 Å². The van der Waals surface area contributed by atoms with E-state index in [0.717, 1.165) is 22.8 Å². The Labute approximate surface area is 105 Å². The van der Waals surface area contributed by atoms with E-state index in [2.05, 4.69) is 22.7 Å². The maximum Gasteiger partial charge on any atom is 0.231 e. The van der Waals surface area contributed by atoms with Gasteiger partial charge in [0.15, 0.2) is 16.6 Å². The normalized spacial score (nSPS) is 13.6. The van der Waals surface area contributed by atoms with Gasteiger partial charge in [0.1, 0.15) is 0 Å². The minimum Gasteiger partial charge on any atom is -0.454 e. The van der Waals surface area contributed by atoms with Gasteiger partial charge in [0.2, 0.25) is 6.79 Å². The SMILES string of the molecule is C/C(Cc1ccc2c(c1)OCO2)=N\NC(N)=S. The van der Waals surface area contributed by atoms with Gasteiger partial charge < -0.3 is 15.2 Å². The van der Waals surface area contributed by atoms with Crippen LogP contribution in [0.1, 0.15) is 12.5 Å². The molecule has 5 nitrogen and oxygen atoms in total. The summed E-state index contributed by atoms with van der Waals surface area (Å²) in [7, 11) is 0. The summed E-state index contributed by atoms with van der Waals surface area (Å²) in [6.45, 7) is 2.19. The highest BCUT2D eigenvalue weighted by atomic mass is 32.1. The Balaban J connectivity index is 2.04. The Morgan fingerprint density at radius 1 is 1.47 bits per heavy atom. The Kier molecular flexibility index (Phi) is 3.43. The maximum absolute atomic E-state index is 5.30. The Morgan fingerprint density at radius 3 is 3.00 bits per heavy atom. The average molecular weight is 251 g/mol. The zero-order chi connectivity index (χ0) is 12.3. The molecule has 2 rings (SSSR count). The van der Waals surface area contributed by atoms with Crippen molar-refractivity contribution < 1.29 is 9.47 Å². The molecule has 0 aliphatic carbocycles. The standard InChI is InChI=1S/C11H13N3O2S/c1-7(13-14-11(12)17)4-8-2-3-9-10(5-8)16-6-15-9/h2-3,5H,4,6H2,1H3,(H3,12,14,17)/b13-7+. The molecule has 17 heavy (non-hydrogen) atoms. The number of fused-ring (bicyclic) bond motifs is 1. The van der Waals surface area contributed by atoms with Gasteiger partial charge in [0, 0.05) is 12.1 Å². The third kappa shape index (κ3) is 3.07. The lowest BCUT2D eigenvalue weighted by molar-refractivity contribution is 0.174. The summed E-state index contributed by atoms with van der Waals surface area (Å²) in [5.74, 6) is 1.56. The topological polar surface area (TPSA) is 68.9 Å². The van der Waals surface area contributed by atoms with Crippen molar-refractivity contribution >= 4 is 23.0 Å². The molecule has 1 aliphatic rings. The van der Waals surface area contributed by atoms with Crippen molar-refractivity contribution in [1.82, 2.24) is 5.43 Å². The molecule has 3 N–H and O–H groups in total. The van der Waals surface area contributed by atoms with Crippen molar-refractivity contribution in [1.29, 1.82) is 0 Å². The fraction of sp³-hybridized carbons (Fsp3) is 0.273. The van der Waals surface area contributed by atoms with Crippen molar-refractivity contribution in [3.8, 4) is 11.5 Å². The van der Waals surface area contributed by atoms with E-state index in [-0.39, 0.29) is 11.9 Å².